The van der Waals surface area contributed by atoms with E-state index in [0.717, 1.165) is 6.42 Å². The summed E-state index contributed by atoms with van der Waals surface area (Å²) >= 11 is 0. The molecule has 0 atom stereocenters. The van der Waals surface area contributed by atoms with Crippen molar-refractivity contribution < 1.29 is 14.7 Å². The zero-order chi connectivity index (χ0) is 14.2. The third kappa shape index (κ3) is 3.75. The van der Waals surface area contributed by atoms with E-state index >= 15 is 0 Å². The second-order valence-corrected chi connectivity index (χ2v) is 4.23. The van der Waals surface area contributed by atoms with Crippen LogP contribution >= 0.6 is 0 Å². The standard InChI is InChI=1S/C16H17NO3/c1-19-15-8-7-14(12-17-18)16(11-15)20-10-9-13-5-3-2-4-6-13/h2-8,11-12,18H,9-10H2,1H3. The lowest BCUT2D eigenvalue weighted by Gasteiger charge is -2.10. The molecule has 104 valence electrons. The maximum Gasteiger partial charge on any atom is 0.131 e. The number of rotatable bonds is 6. The summed E-state index contributed by atoms with van der Waals surface area (Å²) in [6.07, 6.45) is 2.16. The van der Waals surface area contributed by atoms with Gasteiger partial charge in [-0.1, -0.05) is 35.5 Å². The molecule has 0 radical (unpaired) electrons. The third-order valence-electron chi connectivity index (χ3n) is 2.91. The number of benzene rings is 2. The van der Waals surface area contributed by atoms with Gasteiger partial charge in [0.2, 0.25) is 0 Å². The predicted octanol–water partition coefficient (Wildman–Crippen LogP) is 3.12. The maximum atomic E-state index is 8.66. The fourth-order valence-electron chi connectivity index (χ4n) is 1.86. The van der Waals surface area contributed by atoms with E-state index in [9.17, 15) is 0 Å². The molecule has 0 aliphatic carbocycles. The average molecular weight is 271 g/mol. The van der Waals surface area contributed by atoms with E-state index in [0.29, 0.717) is 23.7 Å². The number of nitrogens with zero attached hydrogens (tertiary/aromatic N) is 1. The molecule has 0 aromatic heterocycles. The molecular weight excluding hydrogens is 254 g/mol. The molecule has 0 spiro atoms. The molecule has 1 N–H and O–H groups in total. The van der Waals surface area contributed by atoms with Crippen LogP contribution in [0.25, 0.3) is 0 Å². The minimum atomic E-state index is 0.545. The summed E-state index contributed by atoms with van der Waals surface area (Å²) in [5.41, 5.74) is 1.93. The molecule has 4 heteroatoms. The van der Waals surface area contributed by atoms with Crippen molar-refractivity contribution in [2.45, 2.75) is 6.42 Å². The minimum absolute atomic E-state index is 0.545. The van der Waals surface area contributed by atoms with Gasteiger partial charge in [-0.15, -0.1) is 0 Å². The molecule has 4 nitrogen and oxygen atoms in total. The van der Waals surface area contributed by atoms with E-state index in [2.05, 4.69) is 17.3 Å². The van der Waals surface area contributed by atoms with Crippen LogP contribution in [0.4, 0.5) is 0 Å². The summed E-state index contributed by atoms with van der Waals surface area (Å²) in [5.74, 6) is 1.34. The molecule has 0 unspecified atom stereocenters. The molecule has 2 aromatic rings. The monoisotopic (exact) mass is 271 g/mol. The van der Waals surface area contributed by atoms with E-state index in [-0.39, 0.29) is 0 Å². The van der Waals surface area contributed by atoms with Gasteiger partial charge in [-0.25, -0.2) is 0 Å². The van der Waals surface area contributed by atoms with Gasteiger partial charge in [0.25, 0.3) is 0 Å². The Bertz CT molecular complexity index is 567. The van der Waals surface area contributed by atoms with Gasteiger partial charge in [-0.3, -0.25) is 0 Å². The Balaban J connectivity index is 2.03. The normalized spacial score (nSPS) is 10.7. The van der Waals surface area contributed by atoms with Gasteiger partial charge < -0.3 is 14.7 Å². The smallest absolute Gasteiger partial charge is 0.131 e. The first-order valence-electron chi connectivity index (χ1n) is 6.35. The van der Waals surface area contributed by atoms with E-state index in [1.54, 1.807) is 25.3 Å². The van der Waals surface area contributed by atoms with Gasteiger partial charge in [0, 0.05) is 18.1 Å². The lowest BCUT2D eigenvalue weighted by molar-refractivity contribution is 0.314. The summed E-state index contributed by atoms with van der Waals surface area (Å²) < 4.78 is 10.9. The van der Waals surface area contributed by atoms with Crippen LogP contribution in [-0.4, -0.2) is 25.1 Å². The van der Waals surface area contributed by atoms with Crippen molar-refractivity contribution in [2.24, 2.45) is 5.16 Å². The molecule has 2 aromatic carbocycles. The van der Waals surface area contributed by atoms with Crippen molar-refractivity contribution in [2.75, 3.05) is 13.7 Å². The topological polar surface area (TPSA) is 51.0 Å². The fraction of sp³-hybridized carbons (Fsp3) is 0.188. The van der Waals surface area contributed by atoms with Crippen LogP contribution in [-0.2, 0) is 6.42 Å². The zero-order valence-corrected chi connectivity index (χ0v) is 11.3. The Hall–Kier alpha value is -2.49. The molecule has 20 heavy (non-hydrogen) atoms. The molecule has 0 heterocycles. The molecule has 0 aliphatic heterocycles. The number of oxime groups is 1. The van der Waals surface area contributed by atoms with Crippen molar-refractivity contribution >= 4 is 6.21 Å². The second kappa shape index (κ2) is 7.19. The lowest BCUT2D eigenvalue weighted by atomic mass is 10.1. The summed E-state index contributed by atoms with van der Waals surface area (Å²) in [7, 11) is 1.60. The molecule has 0 saturated carbocycles. The first-order valence-corrected chi connectivity index (χ1v) is 6.35. The summed E-state index contributed by atoms with van der Waals surface area (Å²) in [4.78, 5) is 0. The van der Waals surface area contributed by atoms with Crippen molar-refractivity contribution in [3.05, 3.63) is 59.7 Å². The number of hydrogen-bond donors (Lipinski definition) is 1. The van der Waals surface area contributed by atoms with E-state index in [4.69, 9.17) is 14.7 Å². The van der Waals surface area contributed by atoms with E-state index < -0.39 is 0 Å². The van der Waals surface area contributed by atoms with Crippen LogP contribution in [0.3, 0.4) is 0 Å². The highest BCUT2D eigenvalue weighted by atomic mass is 16.5. The van der Waals surface area contributed by atoms with Crippen molar-refractivity contribution in [1.82, 2.24) is 0 Å². The van der Waals surface area contributed by atoms with Gasteiger partial charge in [-0.2, -0.15) is 0 Å². The first-order chi connectivity index (χ1) is 9.83. The Morgan fingerprint density at radius 1 is 1.15 bits per heavy atom. The second-order valence-electron chi connectivity index (χ2n) is 4.23. The number of hydrogen-bond acceptors (Lipinski definition) is 4. The molecular formula is C16H17NO3. The van der Waals surface area contributed by atoms with Crippen LogP contribution in [0.2, 0.25) is 0 Å². The summed E-state index contributed by atoms with van der Waals surface area (Å²) in [6, 6.07) is 15.5. The SMILES string of the molecule is COc1ccc(C=NO)c(OCCc2ccccc2)c1. The first kappa shape index (κ1) is 13.9. The van der Waals surface area contributed by atoms with Crippen molar-refractivity contribution in [1.29, 1.82) is 0 Å². The molecule has 0 bridgehead atoms. The quantitative estimate of drug-likeness (QED) is 0.499. The Labute approximate surface area is 118 Å². The Kier molecular flexibility index (Phi) is 5.00. The minimum Gasteiger partial charge on any atom is -0.497 e. The summed E-state index contributed by atoms with van der Waals surface area (Å²) in [6.45, 7) is 0.545. The third-order valence-corrected chi connectivity index (χ3v) is 2.91. The highest BCUT2D eigenvalue weighted by Crippen LogP contribution is 2.23. The lowest BCUT2D eigenvalue weighted by Crippen LogP contribution is -2.03. The van der Waals surface area contributed by atoms with Crippen LogP contribution < -0.4 is 9.47 Å². The van der Waals surface area contributed by atoms with Crippen molar-refractivity contribution in [3.8, 4) is 11.5 Å². The average Bonchev–Trinajstić information content (AvgIpc) is 2.50. The molecule has 0 saturated heterocycles. The van der Waals surface area contributed by atoms with Crippen LogP contribution in [0.5, 0.6) is 11.5 Å². The van der Waals surface area contributed by atoms with E-state index in [1.165, 1.54) is 11.8 Å². The van der Waals surface area contributed by atoms with Crippen LogP contribution in [0.15, 0.2) is 53.7 Å². The van der Waals surface area contributed by atoms with Gasteiger partial charge >= 0.3 is 0 Å². The molecule has 2 rings (SSSR count). The van der Waals surface area contributed by atoms with Crippen molar-refractivity contribution in [3.63, 3.8) is 0 Å². The predicted molar refractivity (Wildman–Crippen MR) is 78.0 cm³/mol. The Morgan fingerprint density at radius 2 is 1.95 bits per heavy atom. The Morgan fingerprint density at radius 3 is 2.65 bits per heavy atom. The van der Waals surface area contributed by atoms with Gasteiger partial charge in [0.15, 0.2) is 0 Å². The van der Waals surface area contributed by atoms with Gasteiger partial charge in [0.1, 0.15) is 11.5 Å². The summed E-state index contributed by atoms with van der Waals surface area (Å²) in [5, 5.41) is 11.7. The molecule has 0 fully saturated rings. The number of methoxy groups -OCH3 is 1. The van der Waals surface area contributed by atoms with Crippen LogP contribution in [0.1, 0.15) is 11.1 Å². The van der Waals surface area contributed by atoms with Gasteiger partial charge in [-0.05, 0) is 17.7 Å². The maximum absolute atomic E-state index is 8.66. The zero-order valence-electron chi connectivity index (χ0n) is 11.3. The van der Waals surface area contributed by atoms with Gasteiger partial charge in [0.05, 0.1) is 19.9 Å². The highest BCUT2D eigenvalue weighted by molar-refractivity contribution is 5.83. The molecule has 0 amide bonds. The molecule has 0 aliphatic rings. The van der Waals surface area contributed by atoms with Crippen LogP contribution in [0, 0.1) is 0 Å². The fourth-order valence-corrected chi connectivity index (χ4v) is 1.86. The van der Waals surface area contributed by atoms with E-state index in [1.807, 2.05) is 18.2 Å². The largest absolute Gasteiger partial charge is 0.497 e. The highest BCUT2D eigenvalue weighted by Gasteiger charge is 2.04. The number of ether oxygens (including phenoxy) is 2.